The Labute approximate surface area is 115 Å². The summed E-state index contributed by atoms with van der Waals surface area (Å²) in [5, 5.41) is 0.856. The van der Waals surface area contributed by atoms with Crippen LogP contribution in [-0.4, -0.2) is 22.1 Å². The summed E-state index contributed by atoms with van der Waals surface area (Å²) < 4.78 is 18.4. The maximum Gasteiger partial charge on any atom is 0.224 e. The van der Waals surface area contributed by atoms with Gasteiger partial charge < -0.3 is 4.74 Å². The molecule has 0 aliphatic carbocycles. The third-order valence-electron chi connectivity index (χ3n) is 3.13. The van der Waals surface area contributed by atoms with Gasteiger partial charge in [0, 0.05) is 23.2 Å². The van der Waals surface area contributed by atoms with Crippen LogP contribution < -0.4 is 4.74 Å². The minimum atomic E-state index is -0.297. The summed E-state index contributed by atoms with van der Waals surface area (Å²) in [6.45, 7) is 1.88. The van der Waals surface area contributed by atoms with E-state index in [4.69, 9.17) is 4.74 Å². The average Bonchev–Trinajstić information content (AvgIpc) is 2.46. The van der Waals surface area contributed by atoms with Crippen molar-refractivity contribution in [3.05, 3.63) is 48.3 Å². The van der Waals surface area contributed by atoms with E-state index in [1.807, 2.05) is 13.0 Å². The number of halogens is 1. The Balaban J connectivity index is 2.22. The molecule has 4 nitrogen and oxygen atoms in total. The van der Waals surface area contributed by atoms with Gasteiger partial charge in [0.25, 0.3) is 0 Å². The molecule has 0 aliphatic rings. The topological polar surface area (TPSA) is 47.9 Å². The van der Waals surface area contributed by atoms with Crippen molar-refractivity contribution in [3.8, 4) is 17.0 Å². The first-order valence-electron chi connectivity index (χ1n) is 6.10. The highest BCUT2D eigenvalue weighted by molar-refractivity contribution is 5.84. The number of pyridine rings is 1. The van der Waals surface area contributed by atoms with Gasteiger partial charge in [0.1, 0.15) is 12.1 Å². The summed E-state index contributed by atoms with van der Waals surface area (Å²) >= 11 is 0. The fourth-order valence-electron chi connectivity index (χ4n) is 2.17. The lowest BCUT2D eigenvalue weighted by Crippen LogP contribution is -1.97. The summed E-state index contributed by atoms with van der Waals surface area (Å²) in [6.07, 6.45) is 3.14. The molecule has 1 aromatic carbocycles. The van der Waals surface area contributed by atoms with Gasteiger partial charge in [0.05, 0.1) is 23.9 Å². The van der Waals surface area contributed by atoms with E-state index < -0.39 is 0 Å². The Hall–Kier alpha value is -2.56. The lowest BCUT2D eigenvalue weighted by atomic mass is 10.1. The summed E-state index contributed by atoms with van der Waals surface area (Å²) in [5.74, 6) is 0.204. The maximum atomic E-state index is 13.2. The van der Waals surface area contributed by atoms with Crippen LogP contribution in [0.1, 0.15) is 5.69 Å². The van der Waals surface area contributed by atoms with Gasteiger partial charge >= 0.3 is 0 Å². The van der Waals surface area contributed by atoms with Crippen LogP contribution in [0.2, 0.25) is 0 Å². The molecular weight excluding hydrogens is 257 g/mol. The van der Waals surface area contributed by atoms with Gasteiger partial charge in [-0.25, -0.2) is 14.4 Å². The van der Waals surface area contributed by atoms with Crippen molar-refractivity contribution in [3.63, 3.8) is 0 Å². The number of aryl methyl sites for hydroxylation is 1. The summed E-state index contributed by atoms with van der Waals surface area (Å²) in [4.78, 5) is 12.6. The van der Waals surface area contributed by atoms with Crippen LogP contribution in [0.5, 0.6) is 5.88 Å². The minimum absolute atomic E-state index is 0.297. The Bertz CT molecular complexity index is 789. The number of methoxy groups -OCH3 is 1. The van der Waals surface area contributed by atoms with Crippen LogP contribution in [-0.2, 0) is 0 Å². The fraction of sp³-hybridized carbons (Fsp3) is 0.133. The smallest absolute Gasteiger partial charge is 0.224 e. The van der Waals surface area contributed by atoms with Gasteiger partial charge in [-0.1, -0.05) is 0 Å². The van der Waals surface area contributed by atoms with Crippen molar-refractivity contribution in [2.45, 2.75) is 6.92 Å². The third kappa shape index (κ3) is 2.07. The molecule has 0 bridgehead atoms. The second kappa shape index (κ2) is 4.85. The van der Waals surface area contributed by atoms with Crippen LogP contribution >= 0.6 is 0 Å². The number of nitrogens with zero attached hydrogens (tertiary/aromatic N) is 3. The number of aromatic nitrogens is 3. The largest absolute Gasteiger partial charge is 0.480 e. The van der Waals surface area contributed by atoms with E-state index >= 15 is 0 Å². The van der Waals surface area contributed by atoms with Crippen molar-refractivity contribution >= 4 is 10.9 Å². The Kier molecular flexibility index (Phi) is 3.02. The molecule has 2 aromatic heterocycles. The number of fused-ring (bicyclic) bond motifs is 1. The van der Waals surface area contributed by atoms with Gasteiger partial charge in [-0.05, 0) is 25.1 Å². The monoisotopic (exact) mass is 269 g/mol. The summed E-state index contributed by atoms with van der Waals surface area (Å²) in [7, 11) is 1.56. The zero-order valence-corrected chi connectivity index (χ0v) is 11.1. The third-order valence-corrected chi connectivity index (χ3v) is 3.13. The molecule has 0 radical (unpaired) electrons. The Morgan fingerprint density at radius 3 is 2.75 bits per heavy atom. The predicted molar refractivity (Wildman–Crippen MR) is 74.0 cm³/mol. The number of rotatable bonds is 2. The van der Waals surface area contributed by atoms with E-state index in [0.717, 1.165) is 22.2 Å². The SMILES string of the molecule is COc1ncnc(C)c1-c1cnc2cc(F)ccc2c1. The van der Waals surface area contributed by atoms with Crippen LogP contribution in [0.15, 0.2) is 36.8 Å². The highest BCUT2D eigenvalue weighted by atomic mass is 19.1. The maximum absolute atomic E-state index is 13.2. The molecule has 0 saturated carbocycles. The number of benzene rings is 1. The molecule has 100 valence electrons. The average molecular weight is 269 g/mol. The van der Waals surface area contributed by atoms with Crippen molar-refractivity contribution in [2.24, 2.45) is 0 Å². The predicted octanol–water partition coefficient (Wildman–Crippen LogP) is 3.15. The zero-order valence-electron chi connectivity index (χ0n) is 11.1. The van der Waals surface area contributed by atoms with Gasteiger partial charge in [0.2, 0.25) is 5.88 Å². The normalized spacial score (nSPS) is 10.8. The van der Waals surface area contributed by atoms with E-state index in [1.54, 1.807) is 19.4 Å². The van der Waals surface area contributed by atoms with Crippen molar-refractivity contribution in [1.29, 1.82) is 0 Å². The van der Waals surface area contributed by atoms with E-state index in [2.05, 4.69) is 15.0 Å². The van der Waals surface area contributed by atoms with E-state index in [0.29, 0.717) is 11.4 Å². The van der Waals surface area contributed by atoms with Gasteiger partial charge in [-0.15, -0.1) is 0 Å². The second-order valence-corrected chi connectivity index (χ2v) is 4.40. The zero-order chi connectivity index (χ0) is 14.1. The van der Waals surface area contributed by atoms with Crippen LogP contribution in [0, 0.1) is 12.7 Å². The molecule has 0 atom stereocenters. The van der Waals surface area contributed by atoms with E-state index in [9.17, 15) is 4.39 Å². The van der Waals surface area contributed by atoms with E-state index in [1.165, 1.54) is 18.5 Å². The second-order valence-electron chi connectivity index (χ2n) is 4.40. The first kappa shape index (κ1) is 12.5. The first-order valence-corrected chi connectivity index (χ1v) is 6.10. The minimum Gasteiger partial charge on any atom is -0.480 e. The van der Waals surface area contributed by atoms with Gasteiger partial charge in [-0.2, -0.15) is 0 Å². The summed E-state index contributed by atoms with van der Waals surface area (Å²) in [5.41, 5.74) is 3.06. The van der Waals surface area contributed by atoms with Gasteiger partial charge in [0.15, 0.2) is 0 Å². The molecule has 0 fully saturated rings. The molecule has 2 heterocycles. The number of hydrogen-bond donors (Lipinski definition) is 0. The highest BCUT2D eigenvalue weighted by Crippen LogP contribution is 2.31. The molecule has 0 amide bonds. The molecular formula is C15H12FN3O. The molecule has 5 heteroatoms. The molecule has 0 saturated heterocycles. The van der Waals surface area contributed by atoms with Crippen LogP contribution in [0.4, 0.5) is 4.39 Å². The molecule has 0 aliphatic heterocycles. The molecule has 0 unspecified atom stereocenters. The first-order chi connectivity index (χ1) is 9.69. The van der Waals surface area contributed by atoms with Crippen LogP contribution in [0.3, 0.4) is 0 Å². The molecule has 3 aromatic rings. The quantitative estimate of drug-likeness (QED) is 0.717. The highest BCUT2D eigenvalue weighted by Gasteiger charge is 2.12. The Morgan fingerprint density at radius 1 is 1.10 bits per heavy atom. The molecule has 3 rings (SSSR count). The van der Waals surface area contributed by atoms with Crippen LogP contribution in [0.25, 0.3) is 22.0 Å². The van der Waals surface area contributed by atoms with Crippen molar-refractivity contribution in [1.82, 2.24) is 15.0 Å². The van der Waals surface area contributed by atoms with Gasteiger partial charge in [-0.3, -0.25) is 4.98 Å². The standard InChI is InChI=1S/C15H12FN3O/c1-9-14(15(20-2)19-8-18-9)11-5-10-3-4-12(16)6-13(10)17-7-11/h3-8H,1-2H3. The fourth-order valence-corrected chi connectivity index (χ4v) is 2.17. The lowest BCUT2D eigenvalue weighted by Gasteiger charge is -2.10. The number of ether oxygens (including phenoxy) is 1. The van der Waals surface area contributed by atoms with E-state index in [-0.39, 0.29) is 5.82 Å². The molecule has 0 N–H and O–H groups in total. The molecule has 20 heavy (non-hydrogen) atoms. The number of hydrogen-bond acceptors (Lipinski definition) is 4. The molecule has 0 spiro atoms. The Morgan fingerprint density at radius 2 is 1.95 bits per heavy atom. The van der Waals surface area contributed by atoms with Crippen molar-refractivity contribution < 1.29 is 9.13 Å². The lowest BCUT2D eigenvalue weighted by molar-refractivity contribution is 0.398. The van der Waals surface area contributed by atoms with Crippen molar-refractivity contribution in [2.75, 3.05) is 7.11 Å². The summed E-state index contributed by atoms with van der Waals surface area (Å²) in [6, 6.07) is 6.45.